The van der Waals surface area contributed by atoms with Crippen molar-refractivity contribution in [3.05, 3.63) is 10.8 Å². The van der Waals surface area contributed by atoms with E-state index in [1.165, 1.54) is 0 Å². The molecule has 0 atom stereocenters. The van der Waals surface area contributed by atoms with Gasteiger partial charge in [-0.2, -0.15) is 0 Å². The molecule has 0 fully saturated rings. The first-order valence-electron chi connectivity index (χ1n) is 5.61. The summed E-state index contributed by atoms with van der Waals surface area (Å²) in [7, 11) is 0. The van der Waals surface area contributed by atoms with E-state index in [-0.39, 0.29) is 28.4 Å². The minimum atomic E-state index is -1.44. The Labute approximate surface area is 138 Å². The summed E-state index contributed by atoms with van der Waals surface area (Å²) in [6.07, 6.45) is -2.40. The predicted octanol–water partition coefficient (Wildman–Crippen LogP) is -0.811. The van der Waals surface area contributed by atoms with Crippen molar-refractivity contribution in [1.82, 2.24) is 15.3 Å². The van der Waals surface area contributed by atoms with Crippen LogP contribution >= 0.6 is 23.4 Å². The third-order valence-corrected chi connectivity index (χ3v) is 3.05. The Morgan fingerprint density at radius 1 is 1.13 bits per heavy atom. The van der Waals surface area contributed by atoms with Gasteiger partial charge in [-0.1, -0.05) is 23.4 Å². The summed E-state index contributed by atoms with van der Waals surface area (Å²) in [6, 6.07) is 0. The van der Waals surface area contributed by atoms with Gasteiger partial charge in [-0.3, -0.25) is 4.79 Å². The maximum Gasteiger partial charge on any atom is 0.408 e. The smallest absolute Gasteiger partial charge is 0.399 e. The molecule has 14 heteroatoms. The van der Waals surface area contributed by atoms with Gasteiger partial charge < -0.3 is 37.7 Å². The van der Waals surface area contributed by atoms with Crippen molar-refractivity contribution >= 4 is 53.1 Å². The van der Waals surface area contributed by atoms with Gasteiger partial charge >= 0.3 is 17.8 Å². The summed E-state index contributed by atoms with van der Waals surface area (Å²) in [4.78, 5) is 40.5. The Hall–Kier alpha value is -2.67. The topological polar surface area (TPSA) is 212 Å². The molecule has 0 aliphatic heterocycles. The van der Waals surface area contributed by atoms with Gasteiger partial charge in [0.2, 0.25) is 0 Å². The Kier molecular flexibility index (Phi) is 6.47. The fourth-order valence-corrected chi connectivity index (χ4v) is 1.95. The van der Waals surface area contributed by atoms with Crippen molar-refractivity contribution in [2.24, 2.45) is 11.5 Å². The van der Waals surface area contributed by atoms with E-state index in [9.17, 15) is 14.4 Å². The number of amides is 3. The lowest BCUT2D eigenvalue weighted by Crippen LogP contribution is -2.31. The van der Waals surface area contributed by atoms with Crippen LogP contribution in [-0.2, 0) is 9.47 Å². The number of carbonyl (C=O) groups excluding carboxylic acids is 3. The zero-order chi connectivity index (χ0) is 17.6. The van der Waals surface area contributed by atoms with Gasteiger partial charge in [0, 0.05) is 0 Å². The molecule has 0 aliphatic rings. The van der Waals surface area contributed by atoms with Crippen molar-refractivity contribution in [2.75, 3.05) is 17.3 Å². The Morgan fingerprint density at radius 2 is 1.70 bits per heavy atom. The number of ether oxygens (including phenoxy) is 2. The van der Waals surface area contributed by atoms with Crippen LogP contribution in [0.3, 0.4) is 0 Å². The molecule has 126 valence electrons. The quantitative estimate of drug-likeness (QED) is 0.395. The Bertz CT molecular complexity index is 615. The molecule has 1 aromatic rings. The molecule has 1 rings (SSSR count). The number of thioether (sulfide) groups is 1. The molecule has 9 N–H and O–H groups in total. The third-order valence-electron chi connectivity index (χ3n) is 2.00. The molecular formula is C9H12ClN7O5S. The van der Waals surface area contributed by atoms with Crippen molar-refractivity contribution in [2.45, 2.75) is 5.62 Å². The van der Waals surface area contributed by atoms with E-state index >= 15 is 0 Å². The van der Waals surface area contributed by atoms with Crippen LogP contribution in [0, 0.1) is 0 Å². The summed E-state index contributed by atoms with van der Waals surface area (Å²) in [6.45, 7) is 0. The van der Waals surface area contributed by atoms with Crippen molar-refractivity contribution in [1.29, 1.82) is 0 Å². The number of aromatic nitrogens is 2. The maximum absolute atomic E-state index is 11.9. The van der Waals surface area contributed by atoms with Crippen molar-refractivity contribution in [3.8, 4) is 0 Å². The highest BCUT2D eigenvalue weighted by Crippen LogP contribution is 2.18. The number of nitrogens with zero attached hydrogens (tertiary/aromatic N) is 2. The monoisotopic (exact) mass is 365 g/mol. The van der Waals surface area contributed by atoms with E-state index < -0.39 is 23.7 Å². The number of rotatable bonds is 6. The first kappa shape index (κ1) is 18.4. The van der Waals surface area contributed by atoms with Crippen molar-refractivity contribution < 1.29 is 23.9 Å². The lowest BCUT2D eigenvalue weighted by atomic mass is 10.4. The number of halogens is 1. The van der Waals surface area contributed by atoms with Crippen LogP contribution in [0.15, 0.2) is 0 Å². The normalized spacial score (nSPS) is 10.2. The molecule has 0 radical (unpaired) electrons. The van der Waals surface area contributed by atoms with E-state index in [1.807, 2.05) is 0 Å². The van der Waals surface area contributed by atoms with E-state index in [0.29, 0.717) is 11.8 Å². The number of nitrogen functional groups attached to an aromatic ring is 2. The summed E-state index contributed by atoms with van der Waals surface area (Å²) >= 11 is 6.34. The lowest BCUT2D eigenvalue weighted by Gasteiger charge is -2.15. The molecule has 0 aliphatic carbocycles. The van der Waals surface area contributed by atoms with Gasteiger partial charge in [-0.05, 0) is 0 Å². The Morgan fingerprint density at radius 3 is 2.22 bits per heavy atom. The van der Waals surface area contributed by atoms with Gasteiger partial charge in [0.1, 0.15) is 0 Å². The highest BCUT2D eigenvalue weighted by Gasteiger charge is 2.19. The van der Waals surface area contributed by atoms with Crippen LogP contribution in [0.1, 0.15) is 10.5 Å². The molecule has 1 aromatic heterocycles. The van der Waals surface area contributed by atoms with Gasteiger partial charge in [-0.25, -0.2) is 19.6 Å². The zero-order valence-electron chi connectivity index (χ0n) is 11.3. The van der Waals surface area contributed by atoms with Gasteiger partial charge in [0.05, 0.1) is 5.88 Å². The molecule has 0 bridgehead atoms. The van der Waals surface area contributed by atoms with Crippen LogP contribution in [0.5, 0.6) is 0 Å². The lowest BCUT2D eigenvalue weighted by molar-refractivity contribution is 0.00652. The maximum atomic E-state index is 11.9. The third kappa shape index (κ3) is 5.91. The molecule has 23 heavy (non-hydrogen) atoms. The second-order valence-electron chi connectivity index (χ2n) is 3.61. The number of anilines is 2. The fraction of sp³-hybridized carbons (Fsp3) is 0.222. The van der Waals surface area contributed by atoms with Crippen LogP contribution in [0.4, 0.5) is 21.2 Å². The summed E-state index contributed by atoms with van der Waals surface area (Å²) < 4.78 is 8.89. The minimum absolute atomic E-state index is 0.125. The van der Waals surface area contributed by atoms with E-state index in [0.717, 1.165) is 0 Å². The summed E-state index contributed by atoms with van der Waals surface area (Å²) in [5.41, 5.74) is 18.8. The number of nitrogens with one attached hydrogen (secondary N) is 1. The number of nitrogens with two attached hydrogens (primary N) is 4. The molecular weight excluding hydrogens is 354 g/mol. The highest BCUT2D eigenvalue weighted by molar-refractivity contribution is 7.99. The number of carbonyl (C=O) groups is 3. The molecule has 0 saturated heterocycles. The minimum Gasteiger partial charge on any atom is -0.399 e. The predicted molar refractivity (Wildman–Crippen MR) is 80.9 cm³/mol. The van der Waals surface area contributed by atoms with E-state index in [4.69, 9.17) is 34.5 Å². The summed E-state index contributed by atoms with van der Waals surface area (Å²) in [5.74, 6) is -1.26. The second kappa shape index (κ2) is 8.09. The standard InChI is InChI=1S/C9H12ClN7O5S/c10-3-5(12)17-4(11)2(16-3)6(18)15-1-23-9(21-7(13)19)22-8(14)20/h9H,1H2,(H2,13,19)(H2,14,20)(H,15,18)(H4,11,12,17). The second-order valence-corrected chi connectivity index (χ2v) is 4.98. The van der Waals surface area contributed by atoms with Crippen LogP contribution in [0.25, 0.3) is 0 Å². The highest BCUT2D eigenvalue weighted by atomic mass is 35.5. The molecule has 0 spiro atoms. The van der Waals surface area contributed by atoms with Gasteiger partial charge in [0.15, 0.2) is 22.5 Å². The average Bonchev–Trinajstić information content (AvgIpc) is 2.41. The number of hydrogen-bond acceptors (Lipinski definition) is 10. The average molecular weight is 366 g/mol. The zero-order valence-corrected chi connectivity index (χ0v) is 12.9. The first-order chi connectivity index (χ1) is 10.7. The van der Waals surface area contributed by atoms with Crippen molar-refractivity contribution in [3.63, 3.8) is 0 Å². The molecule has 0 aromatic carbocycles. The summed E-state index contributed by atoms with van der Waals surface area (Å²) in [5, 5.41) is 2.15. The number of primary amides is 2. The van der Waals surface area contributed by atoms with Gasteiger partial charge in [-0.15, -0.1) is 0 Å². The molecule has 3 amide bonds. The SMILES string of the molecule is NC(=O)OC(OC(N)=O)SCNC(=O)c1nc(Cl)c(N)nc1N. The van der Waals surface area contributed by atoms with Gasteiger partial charge in [0.25, 0.3) is 5.91 Å². The molecule has 0 saturated carbocycles. The van der Waals surface area contributed by atoms with E-state index in [1.54, 1.807) is 0 Å². The Balaban J connectivity index is 2.62. The first-order valence-corrected chi connectivity index (χ1v) is 7.03. The van der Waals surface area contributed by atoms with Crippen LogP contribution in [0.2, 0.25) is 5.15 Å². The molecule has 0 unspecified atom stereocenters. The fourth-order valence-electron chi connectivity index (χ4n) is 1.15. The molecule has 12 nitrogen and oxygen atoms in total. The van der Waals surface area contributed by atoms with E-state index in [2.05, 4.69) is 24.8 Å². The van der Waals surface area contributed by atoms with Crippen LogP contribution < -0.4 is 28.3 Å². The van der Waals surface area contributed by atoms with Crippen LogP contribution in [-0.4, -0.2) is 39.6 Å². The molecule has 1 heterocycles. The largest absolute Gasteiger partial charge is 0.408 e. The number of hydrogen-bond donors (Lipinski definition) is 5.